The summed E-state index contributed by atoms with van der Waals surface area (Å²) in [4.78, 5) is 20.7. The lowest BCUT2D eigenvalue weighted by molar-refractivity contribution is -0.127. The molecule has 1 amide bonds. The lowest BCUT2D eigenvalue weighted by Gasteiger charge is -2.42. The lowest BCUT2D eigenvalue weighted by Crippen LogP contribution is -2.50. The van der Waals surface area contributed by atoms with Crippen molar-refractivity contribution in [3.05, 3.63) is 0 Å². The molecule has 2 atom stereocenters. The van der Waals surface area contributed by atoms with E-state index in [1.165, 1.54) is 56.4 Å². The quantitative estimate of drug-likeness (QED) is 0.840. The fourth-order valence-corrected chi connectivity index (χ4v) is 4.15. The smallest absolute Gasteiger partial charge is 0.231 e. The number of likely N-dealkylation sites (tertiary alicyclic amines) is 1. The Hall–Kier alpha value is -1.10. The van der Waals surface area contributed by atoms with Crippen molar-refractivity contribution in [2.24, 2.45) is 16.6 Å². The van der Waals surface area contributed by atoms with E-state index in [-0.39, 0.29) is 11.9 Å². The normalized spacial score (nSPS) is 33.1. The molecule has 21 heavy (non-hydrogen) atoms. The van der Waals surface area contributed by atoms with Gasteiger partial charge in [0.05, 0.1) is 12.5 Å². The van der Waals surface area contributed by atoms with Crippen LogP contribution in [0.15, 0.2) is 4.99 Å². The fourth-order valence-electron chi connectivity index (χ4n) is 4.15. The number of nitrogens with two attached hydrogens (primary N) is 1. The van der Waals surface area contributed by atoms with E-state index in [2.05, 4.69) is 9.89 Å². The molecule has 2 heterocycles. The van der Waals surface area contributed by atoms with Crippen molar-refractivity contribution >= 4 is 11.9 Å². The molecule has 0 aromatic heterocycles. The van der Waals surface area contributed by atoms with Gasteiger partial charge in [-0.2, -0.15) is 0 Å². The Labute approximate surface area is 127 Å². The molecule has 2 unspecified atom stereocenters. The first-order valence-electron chi connectivity index (χ1n) is 8.49. The van der Waals surface area contributed by atoms with Crippen LogP contribution in [0.4, 0.5) is 0 Å². The number of rotatable bonds is 2. The van der Waals surface area contributed by atoms with E-state index in [0.717, 1.165) is 12.6 Å². The van der Waals surface area contributed by atoms with E-state index in [1.807, 2.05) is 0 Å². The van der Waals surface area contributed by atoms with Gasteiger partial charge in [0.2, 0.25) is 5.91 Å². The first kappa shape index (κ1) is 14.8. The zero-order chi connectivity index (χ0) is 14.8. The molecule has 3 rings (SSSR count). The number of piperidine rings is 1. The zero-order valence-corrected chi connectivity index (χ0v) is 13.1. The van der Waals surface area contributed by atoms with Crippen LogP contribution in [-0.2, 0) is 4.79 Å². The lowest BCUT2D eigenvalue weighted by atomic mass is 9.85. The van der Waals surface area contributed by atoms with Crippen LogP contribution in [0.25, 0.3) is 0 Å². The topological polar surface area (TPSA) is 61.9 Å². The monoisotopic (exact) mass is 292 g/mol. The second-order valence-electron chi connectivity index (χ2n) is 6.90. The van der Waals surface area contributed by atoms with Gasteiger partial charge < -0.3 is 10.6 Å². The number of carbonyl (C=O) groups excluding carboxylic acids is 1. The maximum absolute atomic E-state index is 12.0. The second-order valence-corrected chi connectivity index (χ2v) is 6.90. The molecule has 1 aliphatic carbocycles. The van der Waals surface area contributed by atoms with Crippen molar-refractivity contribution in [2.45, 2.75) is 63.5 Å². The predicted molar refractivity (Wildman–Crippen MR) is 84.0 cm³/mol. The Balaban J connectivity index is 1.64. The molecule has 5 heteroatoms. The van der Waals surface area contributed by atoms with Crippen LogP contribution in [0, 0.1) is 5.92 Å². The van der Waals surface area contributed by atoms with Gasteiger partial charge in [-0.3, -0.25) is 9.69 Å². The van der Waals surface area contributed by atoms with Gasteiger partial charge in [0.25, 0.3) is 0 Å². The number of hydrogen-bond acceptors (Lipinski definition) is 4. The Kier molecular flexibility index (Phi) is 4.48. The van der Waals surface area contributed by atoms with Gasteiger partial charge in [-0.15, -0.1) is 0 Å². The van der Waals surface area contributed by atoms with Gasteiger partial charge in [0, 0.05) is 19.6 Å². The Morgan fingerprint density at radius 2 is 1.90 bits per heavy atom. The van der Waals surface area contributed by atoms with Crippen molar-refractivity contribution in [1.29, 1.82) is 0 Å². The minimum Gasteiger partial charge on any atom is -0.369 e. The Bertz CT molecular complexity index is 417. The summed E-state index contributed by atoms with van der Waals surface area (Å²) in [7, 11) is 1.71. The van der Waals surface area contributed by atoms with Gasteiger partial charge >= 0.3 is 0 Å². The number of amides is 1. The summed E-state index contributed by atoms with van der Waals surface area (Å²) in [5.74, 6) is 1.00. The minimum absolute atomic E-state index is 0.0973. The molecule has 0 aromatic rings. The van der Waals surface area contributed by atoms with Crippen molar-refractivity contribution in [2.75, 3.05) is 20.1 Å². The average Bonchev–Trinajstić information content (AvgIpc) is 2.53. The minimum atomic E-state index is 0.0973. The van der Waals surface area contributed by atoms with E-state index in [0.29, 0.717) is 18.3 Å². The van der Waals surface area contributed by atoms with Gasteiger partial charge in [0.1, 0.15) is 0 Å². The summed E-state index contributed by atoms with van der Waals surface area (Å²) in [6, 6.07) is 0.866. The van der Waals surface area contributed by atoms with Crippen molar-refractivity contribution in [1.82, 2.24) is 9.80 Å². The van der Waals surface area contributed by atoms with E-state index >= 15 is 0 Å². The molecule has 2 aliphatic heterocycles. The van der Waals surface area contributed by atoms with Crippen LogP contribution < -0.4 is 5.73 Å². The summed E-state index contributed by atoms with van der Waals surface area (Å²) < 4.78 is 0. The average molecular weight is 292 g/mol. The molecule has 3 aliphatic rings. The predicted octanol–water partition coefficient (Wildman–Crippen LogP) is 1.58. The van der Waals surface area contributed by atoms with E-state index < -0.39 is 0 Å². The van der Waals surface area contributed by atoms with Gasteiger partial charge in [-0.1, -0.05) is 19.3 Å². The highest BCUT2D eigenvalue weighted by Crippen LogP contribution is 2.30. The largest absolute Gasteiger partial charge is 0.369 e. The molecule has 2 fully saturated rings. The molecule has 0 bridgehead atoms. The third-order valence-corrected chi connectivity index (χ3v) is 5.52. The number of aliphatic imine (C=N–C) groups is 1. The van der Waals surface area contributed by atoms with Crippen molar-refractivity contribution in [3.63, 3.8) is 0 Å². The van der Waals surface area contributed by atoms with Crippen LogP contribution in [0.2, 0.25) is 0 Å². The number of hydrogen-bond donors (Lipinski definition) is 1. The number of guanidine groups is 1. The maximum atomic E-state index is 12.0. The van der Waals surface area contributed by atoms with E-state index in [4.69, 9.17) is 5.73 Å². The van der Waals surface area contributed by atoms with Crippen molar-refractivity contribution < 1.29 is 4.79 Å². The van der Waals surface area contributed by atoms with Crippen LogP contribution in [-0.4, -0.2) is 53.9 Å². The summed E-state index contributed by atoms with van der Waals surface area (Å²) in [6.07, 6.45) is 9.80. The highest BCUT2D eigenvalue weighted by Gasteiger charge is 2.35. The van der Waals surface area contributed by atoms with Gasteiger partial charge in [0.15, 0.2) is 5.96 Å². The standard InChI is InChI=1S/C16H28N4O/c1-19-15(21)10-14(18-16(19)17)12-6-5-9-20(11-12)13-7-3-2-4-8-13/h12-14H,2-11H2,1H3,(H2,17,18). The molecular formula is C16H28N4O. The highest BCUT2D eigenvalue weighted by molar-refractivity contribution is 5.98. The first-order valence-corrected chi connectivity index (χ1v) is 8.49. The van der Waals surface area contributed by atoms with Crippen LogP contribution >= 0.6 is 0 Å². The molecule has 5 nitrogen and oxygen atoms in total. The highest BCUT2D eigenvalue weighted by atomic mass is 16.2. The molecule has 0 radical (unpaired) electrons. The van der Waals surface area contributed by atoms with Crippen LogP contribution in [0.3, 0.4) is 0 Å². The van der Waals surface area contributed by atoms with Crippen molar-refractivity contribution in [3.8, 4) is 0 Å². The molecule has 118 valence electrons. The Morgan fingerprint density at radius 3 is 2.62 bits per heavy atom. The van der Waals surface area contributed by atoms with Gasteiger partial charge in [-0.05, 0) is 38.1 Å². The van der Waals surface area contributed by atoms with Crippen LogP contribution in [0.1, 0.15) is 51.4 Å². The van der Waals surface area contributed by atoms with E-state index in [1.54, 1.807) is 7.05 Å². The summed E-state index contributed by atoms with van der Waals surface area (Å²) in [5, 5.41) is 0. The molecule has 0 aromatic carbocycles. The maximum Gasteiger partial charge on any atom is 0.231 e. The zero-order valence-electron chi connectivity index (χ0n) is 13.1. The van der Waals surface area contributed by atoms with Crippen LogP contribution in [0.5, 0.6) is 0 Å². The Morgan fingerprint density at radius 1 is 1.14 bits per heavy atom. The summed E-state index contributed by atoms with van der Waals surface area (Å²) in [5.41, 5.74) is 5.88. The third kappa shape index (κ3) is 3.23. The molecule has 1 saturated carbocycles. The van der Waals surface area contributed by atoms with Gasteiger partial charge in [-0.25, -0.2) is 4.99 Å². The number of nitrogens with zero attached hydrogens (tertiary/aromatic N) is 3. The molecule has 1 saturated heterocycles. The first-order chi connectivity index (χ1) is 10.1. The molecule has 2 N–H and O–H groups in total. The second kappa shape index (κ2) is 6.34. The summed E-state index contributed by atoms with van der Waals surface area (Å²) >= 11 is 0. The third-order valence-electron chi connectivity index (χ3n) is 5.52. The summed E-state index contributed by atoms with van der Waals surface area (Å²) in [6.45, 7) is 2.32. The fraction of sp³-hybridized carbons (Fsp3) is 0.875. The van der Waals surface area contributed by atoms with E-state index in [9.17, 15) is 4.79 Å². The molecular weight excluding hydrogens is 264 g/mol. The SMILES string of the molecule is CN1C(=O)CC(C2CCCN(C3CCCCC3)C2)N=C1N. The molecule has 0 spiro atoms. The number of carbonyl (C=O) groups is 1.